The number of carboxylic acids is 1. The molecule has 0 saturated heterocycles. The molecule has 1 amide bonds. The summed E-state index contributed by atoms with van der Waals surface area (Å²) < 4.78 is 17.9. The minimum Gasteiger partial charge on any atom is -0.484 e. The van der Waals surface area contributed by atoms with E-state index in [1.54, 1.807) is 0 Å². The summed E-state index contributed by atoms with van der Waals surface area (Å²) >= 11 is 0. The number of halogens is 1. The van der Waals surface area contributed by atoms with Gasteiger partial charge in [-0.25, -0.2) is 4.39 Å². The average Bonchev–Trinajstić information content (AvgIpc) is 2.34. The molecule has 0 atom stereocenters. The molecule has 104 valence electrons. The summed E-state index contributed by atoms with van der Waals surface area (Å²) in [5, 5.41) is 11.3. The van der Waals surface area contributed by atoms with Gasteiger partial charge in [0.25, 0.3) is 5.91 Å². The van der Waals surface area contributed by atoms with Crippen LogP contribution in [0.2, 0.25) is 0 Å². The van der Waals surface area contributed by atoms with Crippen molar-refractivity contribution in [3.05, 3.63) is 30.1 Å². The second-order valence-corrected chi connectivity index (χ2v) is 4.71. The Hall–Kier alpha value is -2.11. The van der Waals surface area contributed by atoms with Crippen LogP contribution in [0.4, 0.5) is 4.39 Å². The minimum atomic E-state index is -1.05. The highest BCUT2D eigenvalue weighted by molar-refractivity contribution is 5.79. The summed E-state index contributed by atoms with van der Waals surface area (Å²) in [6.45, 7) is 2.71. The van der Waals surface area contributed by atoms with E-state index in [1.807, 2.05) is 0 Å². The Labute approximate surface area is 110 Å². The first kappa shape index (κ1) is 14.9. The van der Waals surface area contributed by atoms with Crippen LogP contribution in [-0.2, 0) is 9.59 Å². The van der Waals surface area contributed by atoms with E-state index in [1.165, 1.54) is 32.0 Å². The number of hydrogen-bond donors (Lipinski definition) is 2. The Morgan fingerprint density at radius 3 is 2.68 bits per heavy atom. The molecule has 1 rings (SSSR count). The topological polar surface area (TPSA) is 75.6 Å². The van der Waals surface area contributed by atoms with Gasteiger partial charge in [-0.3, -0.25) is 9.59 Å². The fourth-order valence-electron chi connectivity index (χ4n) is 1.15. The van der Waals surface area contributed by atoms with Gasteiger partial charge in [0.05, 0.1) is 5.41 Å². The molecule has 1 aromatic rings. The van der Waals surface area contributed by atoms with Crippen molar-refractivity contribution in [2.24, 2.45) is 5.41 Å². The summed E-state index contributed by atoms with van der Waals surface area (Å²) in [7, 11) is 0. The van der Waals surface area contributed by atoms with Gasteiger partial charge < -0.3 is 15.2 Å². The Morgan fingerprint density at radius 2 is 2.11 bits per heavy atom. The van der Waals surface area contributed by atoms with Gasteiger partial charge >= 0.3 is 5.97 Å². The third kappa shape index (κ3) is 4.95. The SMILES string of the molecule is CC(C)(CNC(=O)COc1cccc(F)c1)C(=O)O. The van der Waals surface area contributed by atoms with Gasteiger partial charge in [0, 0.05) is 12.6 Å². The van der Waals surface area contributed by atoms with Crippen LogP contribution in [0, 0.1) is 11.2 Å². The van der Waals surface area contributed by atoms with Crippen LogP contribution in [0.1, 0.15) is 13.8 Å². The maximum Gasteiger partial charge on any atom is 0.310 e. The monoisotopic (exact) mass is 269 g/mol. The number of nitrogens with one attached hydrogen (secondary N) is 1. The second kappa shape index (κ2) is 6.17. The van der Waals surface area contributed by atoms with E-state index >= 15 is 0 Å². The number of carboxylic acid groups (broad SMARTS) is 1. The zero-order valence-corrected chi connectivity index (χ0v) is 10.8. The number of rotatable bonds is 6. The lowest BCUT2D eigenvalue weighted by Crippen LogP contribution is -2.40. The lowest BCUT2D eigenvalue weighted by atomic mass is 9.94. The number of carbonyl (C=O) groups is 2. The quantitative estimate of drug-likeness (QED) is 0.819. The Morgan fingerprint density at radius 1 is 1.42 bits per heavy atom. The lowest BCUT2D eigenvalue weighted by Gasteiger charge is -2.19. The van der Waals surface area contributed by atoms with Crippen molar-refractivity contribution < 1.29 is 23.8 Å². The van der Waals surface area contributed by atoms with E-state index < -0.39 is 23.1 Å². The first-order chi connectivity index (χ1) is 8.81. The molecule has 0 fully saturated rings. The van der Waals surface area contributed by atoms with Crippen LogP contribution in [0.3, 0.4) is 0 Å². The predicted molar refractivity (Wildman–Crippen MR) is 66.3 cm³/mol. The van der Waals surface area contributed by atoms with Gasteiger partial charge in [-0.15, -0.1) is 0 Å². The number of aliphatic carboxylic acids is 1. The highest BCUT2D eigenvalue weighted by Crippen LogP contribution is 2.13. The summed E-state index contributed by atoms with van der Waals surface area (Å²) in [5.41, 5.74) is -1.05. The van der Waals surface area contributed by atoms with E-state index in [0.29, 0.717) is 0 Å². The van der Waals surface area contributed by atoms with Crippen molar-refractivity contribution in [2.75, 3.05) is 13.2 Å². The molecule has 0 spiro atoms. The molecule has 0 saturated carbocycles. The van der Waals surface area contributed by atoms with Crippen molar-refractivity contribution in [2.45, 2.75) is 13.8 Å². The van der Waals surface area contributed by atoms with E-state index in [9.17, 15) is 14.0 Å². The Balaban J connectivity index is 2.39. The van der Waals surface area contributed by atoms with Crippen LogP contribution in [0.5, 0.6) is 5.75 Å². The van der Waals surface area contributed by atoms with E-state index in [2.05, 4.69) is 5.32 Å². The fourth-order valence-corrected chi connectivity index (χ4v) is 1.15. The van der Waals surface area contributed by atoms with Crippen molar-refractivity contribution >= 4 is 11.9 Å². The Kier molecular flexibility index (Phi) is 4.86. The first-order valence-corrected chi connectivity index (χ1v) is 5.70. The van der Waals surface area contributed by atoms with Gasteiger partial charge in [0.1, 0.15) is 11.6 Å². The molecular weight excluding hydrogens is 253 g/mol. The number of amides is 1. The van der Waals surface area contributed by atoms with Crippen LogP contribution in [0.15, 0.2) is 24.3 Å². The molecule has 0 unspecified atom stereocenters. The van der Waals surface area contributed by atoms with Gasteiger partial charge in [0.2, 0.25) is 0 Å². The molecule has 6 heteroatoms. The summed E-state index contributed by atoms with van der Waals surface area (Å²) in [6.07, 6.45) is 0. The lowest BCUT2D eigenvalue weighted by molar-refractivity contribution is -0.146. The first-order valence-electron chi connectivity index (χ1n) is 5.70. The number of carbonyl (C=O) groups excluding carboxylic acids is 1. The van der Waals surface area contributed by atoms with Crippen molar-refractivity contribution in [3.8, 4) is 5.75 Å². The van der Waals surface area contributed by atoms with E-state index in [4.69, 9.17) is 9.84 Å². The van der Waals surface area contributed by atoms with Crippen LogP contribution >= 0.6 is 0 Å². The summed E-state index contributed by atoms with van der Waals surface area (Å²) in [6, 6.07) is 5.42. The molecule has 0 bridgehead atoms. The third-order valence-corrected chi connectivity index (χ3v) is 2.47. The fraction of sp³-hybridized carbons (Fsp3) is 0.385. The van der Waals surface area contributed by atoms with Crippen LogP contribution < -0.4 is 10.1 Å². The molecule has 0 heterocycles. The highest BCUT2D eigenvalue weighted by atomic mass is 19.1. The largest absolute Gasteiger partial charge is 0.484 e. The van der Waals surface area contributed by atoms with Crippen molar-refractivity contribution in [1.82, 2.24) is 5.32 Å². The molecule has 2 N–H and O–H groups in total. The minimum absolute atomic E-state index is 0.00627. The number of hydrogen-bond acceptors (Lipinski definition) is 3. The summed E-state index contributed by atoms with van der Waals surface area (Å²) in [5.74, 6) is -1.67. The van der Waals surface area contributed by atoms with Crippen molar-refractivity contribution in [1.29, 1.82) is 0 Å². The zero-order chi connectivity index (χ0) is 14.5. The molecule has 0 aliphatic heterocycles. The van der Waals surface area contributed by atoms with Crippen LogP contribution in [-0.4, -0.2) is 30.1 Å². The molecular formula is C13H16FNO4. The predicted octanol–water partition coefficient (Wildman–Crippen LogP) is 1.43. The van der Waals surface area contributed by atoms with E-state index in [-0.39, 0.29) is 18.9 Å². The smallest absolute Gasteiger partial charge is 0.310 e. The zero-order valence-electron chi connectivity index (χ0n) is 10.8. The molecule has 0 aliphatic carbocycles. The maximum absolute atomic E-state index is 12.8. The molecule has 5 nitrogen and oxygen atoms in total. The second-order valence-electron chi connectivity index (χ2n) is 4.71. The molecule has 1 aromatic carbocycles. The number of benzene rings is 1. The molecule has 0 aromatic heterocycles. The molecule has 19 heavy (non-hydrogen) atoms. The van der Waals surface area contributed by atoms with Gasteiger partial charge in [-0.05, 0) is 26.0 Å². The van der Waals surface area contributed by atoms with E-state index in [0.717, 1.165) is 6.07 Å². The highest BCUT2D eigenvalue weighted by Gasteiger charge is 2.27. The van der Waals surface area contributed by atoms with Gasteiger partial charge in [0.15, 0.2) is 6.61 Å². The third-order valence-electron chi connectivity index (χ3n) is 2.47. The standard InChI is InChI=1S/C13H16FNO4/c1-13(2,12(17)18)8-15-11(16)7-19-10-5-3-4-9(14)6-10/h3-6H,7-8H2,1-2H3,(H,15,16)(H,17,18). The average molecular weight is 269 g/mol. The molecule has 0 radical (unpaired) electrons. The van der Waals surface area contributed by atoms with Crippen molar-refractivity contribution in [3.63, 3.8) is 0 Å². The van der Waals surface area contributed by atoms with Gasteiger partial charge in [-0.2, -0.15) is 0 Å². The molecule has 0 aliphatic rings. The normalized spacial score (nSPS) is 10.9. The van der Waals surface area contributed by atoms with Crippen LogP contribution in [0.25, 0.3) is 0 Å². The number of ether oxygens (including phenoxy) is 1. The maximum atomic E-state index is 12.8. The van der Waals surface area contributed by atoms with Gasteiger partial charge in [-0.1, -0.05) is 6.07 Å². The Bertz CT molecular complexity index is 473. The summed E-state index contributed by atoms with van der Waals surface area (Å²) in [4.78, 5) is 22.3.